The molecular formula is C13H22N2O3S. The van der Waals surface area contributed by atoms with Crippen molar-refractivity contribution in [2.24, 2.45) is 5.73 Å². The first-order valence-corrected chi connectivity index (χ1v) is 7.70. The summed E-state index contributed by atoms with van der Waals surface area (Å²) in [6.07, 6.45) is 0.725. The van der Waals surface area contributed by atoms with Crippen LogP contribution in [0.3, 0.4) is 0 Å². The summed E-state index contributed by atoms with van der Waals surface area (Å²) in [6, 6.07) is 3.25. The van der Waals surface area contributed by atoms with Gasteiger partial charge >= 0.3 is 0 Å². The third-order valence-corrected chi connectivity index (χ3v) is 4.73. The van der Waals surface area contributed by atoms with Crippen molar-refractivity contribution < 1.29 is 13.2 Å². The largest absolute Gasteiger partial charge is 0.497 e. The lowest BCUT2D eigenvalue weighted by Gasteiger charge is -2.15. The zero-order valence-corrected chi connectivity index (χ0v) is 12.7. The molecule has 0 aromatic heterocycles. The average Bonchev–Trinajstić information content (AvgIpc) is 2.34. The van der Waals surface area contributed by atoms with E-state index in [1.165, 1.54) is 0 Å². The van der Waals surface area contributed by atoms with Gasteiger partial charge in [0.05, 0.1) is 12.0 Å². The van der Waals surface area contributed by atoms with Crippen molar-refractivity contribution in [3.63, 3.8) is 0 Å². The van der Waals surface area contributed by atoms with Gasteiger partial charge in [0.1, 0.15) is 5.75 Å². The molecular weight excluding hydrogens is 264 g/mol. The maximum Gasteiger partial charge on any atom is 0.241 e. The molecule has 0 fully saturated rings. The highest BCUT2D eigenvalue weighted by Gasteiger charge is 2.20. The Morgan fingerprint density at radius 1 is 1.32 bits per heavy atom. The standard InChI is InChI=1S/C13H22N2O3S/c1-5-11(14)8-15-19(16,17)13-9(2)6-12(18-4)7-10(13)3/h6-7,11,15H,5,8,14H2,1-4H3. The van der Waals surface area contributed by atoms with Gasteiger partial charge in [0.2, 0.25) is 10.0 Å². The van der Waals surface area contributed by atoms with Crippen LogP contribution in [0.2, 0.25) is 0 Å². The minimum absolute atomic E-state index is 0.173. The van der Waals surface area contributed by atoms with E-state index in [9.17, 15) is 8.42 Å². The zero-order chi connectivity index (χ0) is 14.6. The molecule has 1 aromatic rings. The summed E-state index contributed by atoms with van der Waals surface area (Å²) in [4.78, 5) is 0.302. The Balaban J connectivity index is 3.08. The van der Waals surface area contributed by atoms with Crippen molar-refractivity contribution in [3.05, 3.63) is 23.3 Å². The summed E-state index contributed by atoms with van der Waals surface area (Å²) in [5.41, 5.74) is 7.06. The molecule has 1 rings (SSSR count). The fraction of sp³-hybridized carbons (Fsp3) is 0.538. The molecule has 6 heteroatoms. The SMILES string of the molecule is CCC(N)CNS(=O)(=O)c1c(C)cc(OC)cc1C. The van der Waals surface area contributed by atoms with Crippen molar-refractivity contribution in [3.8, 4) is 5.75 Å². The van der Waals surface area contributed by atoms with Gasteiger partial charge in [0.15, 0.2) is 0 Å². The van der Waals surface area contributed by atoms with E-state index < -0.39 is 10.0 Å². The topological polar surface area (TPSA) is 81.4 Å². The number of methoxy groups -OCH3 is 1. The summed E-state index contributed by atoms with van der Waals surface area (Å²) >= 11 is 0. The molecule has 0 aliphatic carbocycles. The van der Waals surface area contributed by atoms with Gasteiger partial charge in [-0.25, -0.2) is 13.1 Å². The second-order valence-corrected chi connectivity index (χ2v) is 6.31. The van der Waals surface area contributed by atoms with Crippen LogP contribution in [-0.2, 0) is 10.0 Å². The highest BCUT2D eigenvalue weighted by atomic mass is 32.2. The fourth-order valence-electron chi connectivity index (χ4n) is 1.89. The van der Waals surface area contributed by atoms with Gasteiger partial charge in [-0.2, -0.15) is 0 Å². The van der Waals surface area contributed by atoms with E-state index in [2.05, 4.69) is 4.72 Å². The van der Waals surface area contributed by atoms with Crippen LogP contribution in [0, 0.1) is 13.8 Å². The number of rotatable bonds is 6. The lowest BCUT2D eigenvalue weighted by molar-refractivity contribution is 0.413. The lowest BCUT2D eigenvalue weighted by atomic mass is 10.1. The van der Waals surface area contributed by atoms with Gasteiger partial charge in [-0.3, -0.25) is 0 Å². The normalized spacial score (nSPS) is 13.3. The van der Waals surface area contributed by atoms with Crippen LogP contribution in [0.1, 0.15) is 24.5 Å². The highest BCUT2D eigenvalue weighted by Crippen LogP contribution is 2.25. The number of sulfonamides is 1. The molecule has 1 atom stereocenters. The third-order valence-electron chi connectivity index (χ3n) is 3.00. The van der Waals surface area contributed by atoms with Crippen LogP contribution < -0.4 is 15.2 Å². The van der Waals surface area contributed by atoms with Gasteiger partial charge in [0.25, 0.3) is 0 Å². The summed E-state index contributed by atoms with van der Waals surface area (Å²) in [5.74, 6) is 0.652. The van der Waals surface area contributed by atoms with E-state index in [1.54, 1.807) is 33.1 Å². The second kappa shape index (κ2) is 6.36. The number of hydrogen-bond donors (Lipinski definition) is 2. The van der Waals surface area contributed by atoms with E-state index in [1.807, 2.05) is 6.92 Å². The molecule has 5 nitrogen and oxygen atoms in total. The molecule has 0 spiro atoms. The van der Waals surface area contributed by atoms with E-state index in [0.29, 0.717) is 21.8 Å². The second-order valence-electron chi connectivity index (χ2n) is 4.61. The fourth-order valence-corrected chi connectivity index (χ4v) is 3.43. The molecule has 0 saturated heterocycles. The van der Waals surface area contributed by atoms with Crippen molar-refractivity contribution in [1.29, 1.82) is 0 Å². The molecule has 1 aromatic carbocycles. The number of aryl methyl sites for hydroxylation is 2. The third kappa shape index (κ3) is 3.92. The molecule has 0 saturated carbocycles. The first-order valence-electron chi connectivity index (χ1n) is 6.22. The molecule has 0 radical (unpaired) electrons. The number of nitrogens with two attached hydrogens (primary N) is 1. The molecule has 0 heterocycles. The molecule has 0 aliphatic heterocycles. The molecule has 3 N–H and O–H groups in total. The number of hydrogen-bond acceptors (Lipinski definition) is 4. The minimum atomic E-state index is -3.54. The predicted octanol–water partition coefficient (Wildman–Crippen LogP) is 1.33. The van der Waals surface area contributed by atoms with Gasteiger partial charge in [-0.05, 0) is 43.5 Å². The molecule has 0 aliphatic rings. The van der Waals surface area contributed by atoms with Crippen LogP contribution >= 0.6 is 0 Å². The lowest BCUT2D eigenvalue weighted by Crippen LogP contribution is -2.37. The summed E-state index contributed by atoms with van der Waals surface area (Å²) < 4.78 is 32.2. The smallest absolute Gasteiger partial charge is 0.241 e. The van der Waals surface area contributed by atoms with Crippen molar-refractivity contribution in [1.82, 2.24) is 4.72 Å². The number of nitrogens with one attached hydrogen (secondary N) is 1. The Morgan fingerprint density at radius 2 is 1.84 bits per heavy atom. The Kier molecular flexibility index (Phi) is 5.34. The van der Waals surface area contributed by atoms with Crippen molar-refractivity contribution >= 4 is 10.0 Å². The monoisotopic (exact) mass is 286 g/mol. The summed E-state index contributed by atoms with van der Waals surface area (Å²) in [5, 5.41) is 0. The Morgan fingerprint density at radius 3 is 2.26 bits per heavy atom. The van der Waals surface area contributed by atoms with E-state index in [-0.39, 0.29) is 12.6 Å². The van der Waals surface area contributed by atoms with Gasteiger partial charge < -0.3 is 10.5 Å². The molecule has 0 bridgehead atoms. The molecule has 0 amide bonds. The van der Waals surface area contributed by atoms with Crippen LogP contribution in [0.15, 0.2) is 17.0 Å². The first kappa shape index (κ1) is 15.9. The maximum absolute atomic E-state index is 12.3. The van der Waals surface area contributed by atoms with Crippen LogP contribution in [0.4, 0.5) is 0 Å². The van der Waals surface area contributed by atoms with Crippen molar-refractivity contribution in [2.75, 3.05) is 13.7 Å². The highest BCUT2D eigenvalue weighted by molar-refractivity contribution is 7.89. The summed E-state index contributed by atoms with van der Waals surface area (Å²) in [7, 11) is -1.98. The minimum Gasteiger partial charge on any atom is -0.497 e. The van der Waals surface area contributed by atoms with Crippen LogP contribution in [-0.4, -0.2) is 28.1 Å². The quantitative estimate of drug-likeness (QED) is 0.826. The van der Waals surface area contributed by atoms with E-state index >= 15 is 0 Å². The van der Waals surface area contributed by atoms with E-state index in [4.69, 9.17) is 10.5 Å². The molecule has 108 valence electrons. The summed E-state index contributed by atoms with van der Waals surface area (Å²) in [6.45, 7) is 5.67. The van der Waals surface area contributed by atoms with E-state index in [0.717, 1.165) is 6.42 Å². The number of benzene rings is 1. The zero-order valence-electron chi connectivity index (χ0n) is 11.9. The number of ether oxygens (including phenoxy) is 1. The van der Waals surface area contributed by atoms with Gasteiger partial charge in [-0.15, -0.1) is 0 Å². The average molecular weight is 286 g/mol. The van der Waals surface area contributed by atoms with Gasteiger partial charge in [-0.1, -0.05) is 6.92 Å². The molecule has 19 heavy (non-hydrogen) atoms. The Bertz CT molecular complexity index is 518. The van der Waals surface area contributed by atoms with Crippen LogP contribution in [0.5, 0.6) is 5.75 Å². The predicted molar refractivity (Wildman–Crippen MR) is 75.9 cm³/mol. The maximum atomic E-state index is 12.3. The van der Waals surface area contributed by atoms with Crippen molar-refractivity contribution in [2.45, 2.75) is 38.1 Å². The Hall–Kier alpha value is -1.11. The first-order chi connectivity index (χ1) is 8.81. The van der Waals surface area contributed by atoms with Crippen LogP contribution in [0.25, 0.3) is 0 Å². The molecule has 1 unspecified atom stereocenters. The van der Waals surface area contributed by atoms with Gasteiger partial charge in [0, 0.05) is 12.6 Å². The Labute approximate surface area is 115 Å².